The van der Waals surface area contributed by atoms with E-state index >= 15 is 0 Å². The van der Waals surface area contributed by atoms with E-state index in [0.29, 0.717) is 21.8 Å². The molecule has 2 aliphatic heterocycles. The number of carboxylic acids is 1. The summed E-state index contributed by atoms with van der Waals surface area (Å²) >= 11 is 6.30. The topological polar surface area (TPSA) is 116 Å². The Morgan fingerprint density at radius 1 is 1.08 bits per heavy atom. The van der Waals surface area contributed by atoms with Crippen molar-refractivity contribution < 1.29 is 29.3 Å². The second kappa shape index (κ2) is 9.21. The number of hydrogen-bond acceptors (Lipinski definition) is 6. The summed E-state index contributed by atoms with van der Waals surface area (Å²) in [4.78, 5) is 41.9. The second-order valence-corrected chi connectivity index (χ2v) is 9.85. The van der Waals surface area contributed by atoms with E-state index in [1.807, 2.05) is 13.0 Å². The molecule has 2 aliphatic rings. The number of benzene rings is 3. The zero-order valence-electron chi connectivity index (χ0n) is 20.1. The number of carboxylic acid groups (broad SMARTS) is 1. The number of anilines is 1. The number of nitrogens with one attached hydrogen (secondary N) is 1. The Balaban J connectivity index is 1.67. The lowest BCUT2D eigenvalue weighted by atomic mass is 9.76. The Morgan fingerprint density at radius 3 is 2.46 bits per heavy atom. The van der Waals surface area contributed by atoms with Crippen LogP contribution >= 0.6 is 11.6 Å². The highest BCUT2D eigenvalue weighted by Crippen LogP contribution is 2.51. The zero-order chi connectivity index (χ0) is 26.5. The lowest BCUT2D eigenvalue weighted by molar-refractivity contribution is -0.148. The van der Waals surface area contributed by atoms with Crippen molar-refractivity contribution in [3.63, 3.8) is 0 Å². The SMILES string of the molecule is COc1cc(C2NC(Cc3ccccc3)(C(=O)O)C3C(=O)N(c4ccc(C)c(Cl)c4)C(=O)C23)ccc1O. The first-order valence-corrected chi connectivity index (χ1v) is 12.1. The number of ether oxygens (including phenoxy) is 1. The Kier molecular flexibility index (Phi) is 6.17. The zero-order valence-corrected chi connectivity index (χ0v) is 20.9. The van der Waals surface area contributed by atoms with Crippen molar-refractivity contribution in [2.24, 2.45) is 11.8 Å². The molecule has 2 saturated heterocycles. The van der Waals surface area contributed by atoms with Gasteiger partial charge in [0, 0.05) is 17.5 Å². The highest BCUT2D eigenvalue weighted by molar-refractivity contribution is 6.32. The maximum absolute atomic E-state index is 14.0. The number of carbonyl (C=O) groups is 3. The average molecular weight is 521 g/mol. The number of imide groups is 1. The number of nitrogens with zero attached hydrogens (tertiary/aromatic N) is 1. The predicted octanol–water partition coefficient (Wildman–Crippen LogP) is 3.88. The molecule has 3 aromatic carbocycles. The van der Waals surface area contributed by atoms with Gasteiger partial charge in [0.2, 0.25) is 11.8 Å². The summed E-state index contributed by atoms with van der Waals surface area (Å²) in [5, 5.41) is 24.2. The van der Waals surface area contributed by atoms with E-state index in [2.05, 4.69) is 5.32 Å². The third kappa shape index (κ3) is 3.93. The van der Waals surface area contributed by atoms with Crippen molar-refractivity contribution in [1.29, 1.82) is 0 Å². The molecular formula is C28H25ClN2O6. The fraction of sp³-hybridized carbons (Fsp3) is 0.250. The third-order valence-corrected chi connectivity index (χ3v) is 7.75. The van der Waals surface area contributed by atoms with E-state index in [0.717, 1.165) is 10.5 Å². The Labute approximate surface area is 218 Å². The second-order valence-electron chi connectivity index (χ2n) is 9.44. The maximum atomic E-state index is 14.0. The molecule has 3 N–H and O–H groups in total. The van der Waals surface area contributed by atoms with Crippen LogP contribution in [0.5, 0.6) is 11.5 Å². The molecule has 9 heteroatoms. The number of aryl methyl sites for hydroxylation is 1. The van der Waals surface area contributed by atoms with Crippen LogP contribution in [0.15, 0.2) is 66.7 Å². The molecule has 2 amide bonds. The highest BCUT2D eigenvalue weighted by atomic mass is 35.5. The van der Waals surface area contributed by atoms with Gasteiger partial charge in [-0.15, -0.1) is 0 Å². The number of amides is 2. The van der Waals surface area contributed by atoms with Gasteiger partial charge < -0.3 is 14.9 Å². The van der Waals surface area contributed by atoms with Crippen LogP contribution in [0, 0.1) is 18.8 Å². The molecule has 0 radical (unpaired) electrons. The van der Waals surface area contributed by atoms with E-state index < -0.39 is 41.2 Å². The largest absolute Gasteiger partial charge is 0.504 e. The number of fused-ring (bicyclic) bond motifs is 1. The van der Waals surface area contributed by atoms with Gasteiger partial charge in [-0.25, -0.2) is 4.90 Å². The number of halogens is 1. The standard InChI is InChI=1S/C28H25ClN2O6/c1-15-8-10-18(13-19(15)29)31-25(33)22-23(26(31)34)28(27(35)36,14-16-6-4-3-5-7-16)30-24(22)17-9-11-20(32)21(12-17)37-2/h3-13,22-24,30,32H,14H2,1-2H3,(H,35,36). The van der Waals surface area contributed by atoms with Crippen LogP contribution in [0.1, 0.15) is 22.7 Å². The maximum Gasteiger partial charge on any atom is 0.325 e. The van der Waals surface area contributed by atoms with Crippen molar-refractivity contribution in [3.8, 4) is 11.5 Å². The number of hydrogen-bond donors (Lipinski definition) is 3. The first-order chi connectivity index (χ1) is 17.7. The Morgan fingerprint density at radius 2 is 1.81 bits per heavy atom. The van der Waals surface area contributed by atoms with Gasteiger partial charge in [-0.3, -0.25) is 19.7 Å². The van der Waals surface area contributed by atoms with Crippen LogP contribution in [0.25, 0.3) is 0 Å². The van der Waals surface area contributed by atoms with Gasteiger partial charge in [0.25, 0.3) is 0 Å². The Hall–Kier alpha value is -3.88. The van der Waals surface area contributed by atoms with Crippen LogP contribution in [-0.4, -0.2) is 40.6 Å². The number of aromatic hydroxyl groups is 1. The van der Waals surface area contributed by atoms with Gasteiger partial charge in [-0.2, -0.15) is 0 Å². The fourth-order valence-electron chi connectivity index (χ4n) is 5.51. The highest BCUT2D eigenvalue weighted by Gasteiger charge is 2.68. The molecule has 0 aromatic heterocycles. The van der Waals surface area contributed by atoms with Crippen molar-refractivity contribution >= 4 is 35.1 Å². The molecule has 190 valence electrons. The molecule has 4 atom stereocenters. The Bertz CT molecular complexity index is 1410. The van der Waals surface area contributed by atoms with Gasteiger partial charge in [0.15, 0.2) is 11.5 Å². The lowest BCUT2D eigenvalue weighted by Gasteiger charge is -2.31. The van der Waals surface area contributed by atoms with E-state index in [9.17, 15) is 24.6 Å². The molecule has 0 bridgehead atoms. The summed E-state index contributed by atoms with van der Waals surface area (Å²) < 4.78 is 5.24. The number of aliphatic carboxylic acids is 1. The van der Waals surface area contributed by atoms with Gasteiger partial charge in [-0.05, 0) is 47.9 Å². The molecule has 37 heavy (non-hydrogen) atoms. The van der Waals surface area contributed by atoms with Crippen molar-refractivity contribution in [2.45, 2.75) is 24.9 Å². The number of phenols is 1. The van der Waals surface area contributed by atoms with Crippen LogP contribution in [-0.2, 0) is 20.8 Å². The first kappa shape index (κ1) is 24.8. The smallest absolute Gasteiger partial charge is 0.325 e. The summed E-state index contributed by atoms with van der Waals surface area (Å²) in [5.41, 5.74) is 0.533. The molecule has 0 spiro atoms. The quantitative estimate of drug-likeness (QED) is 0.422. The van der Waals surface area contributed by atoms with Crippen molar-refractivity contribution in [3.05, 3.63) is 88.4 Å². The van der Waals surface area contributed by atoms with E-state index in [1.165, 1.54) is 13.2 Å². The molecular weight excluding hydrogens is 496 g/mol. The summed E-state index contributed by atoms with van der Waals surface area (Å²) in [7, 11) is 1.40. The first-order valence-electron chi connectivity index (χ1n) is 11.7. The number of methoxy groups -OCH3 is 1. The average Bonchev–Trinajstić information content (AvgIpc) is 3.36. The number of carbonyl (C=O) groups excluding carboxylic acids is 2. The fourth-order valence-corrected chi connectivity index (χ4v) is 5.68. The molecule has 8 nitrogen and oxygen atoms in total. The predicted molar refractivity (Wildman–Crippen MR) is 137 cm³/mol. The van der Waals surface area contributed by atoms with E-state index in [4.69, 9.17) is 16.3 Å². The minimum absolute atomic E-state index is 0.0163. The normalized spacial score (nSPS) is 24.8. The summed E-state index contributed by atoms with van der Waals surface area (Å²) in [6.07, 6.45) is -0.0163. The molecule has 0 saturated carbocycles. The van der Waals surface area contributed by atoms with Gasteiger partial charge in [0.05, 0.1) is 24.6 Å². The molecule has 5 rings (SSSR count). The number of rotatable bonds is 6. The monoisotopic (exact) mass is 520 g/mol. The molecule has 2 heterocycles. The van der Waals surface area contributed by atoms with Gasteiger partial charge in [0.1, 0.15) is 5.54 Å². The van der Waals surface area contributed by atoms with E-state index in [-0.39, 0.29) is 17.9 Å². The lowest BCUT2D eigenvalue weighted by Crippen LogP contribution is -2.57. The molecule has 0 aliphatic carbocycles. The summed E-state index contributed by atoms with van der Waals surface area (Å²) in [6, 6.07) is 17.6. The van der Waals surface area contributed by atoms with Crippen LogP contribution < -0.4 is 15.0 Å². The van der Waals surface area contributed by atoms with Crippen LogP contribution in [0.3, 0.4) is 0 Å². The van der Waals surface area contributed by atoms with Crippen molar-refractivity contribution in [2.75, 3.05) is 12.0 Å². The van der Waals surface area contributed by atoms with Crippen LogP contribution in [0.4, 0.5) is 5.69 Å². The summed E-state index contributed by atoms with van der Waals surface area (Å²) in [6.45, 7) is 1.81. The minimum atomic E-state index is -1.77. The van der Waals surface area contributed by atoms with Gasteiger partial charge >= 0.3 is 5.97 Å². The molecule has 4 unspecified atom stereocenters. The molecule has 3 aromatic rings. The van der Waals surface area contributed by atoms with Crippen LogP contribution in [0.2, 0.25) is 5.02 Å². The number of phenolic OH excluding ortho intramolecular Hbond substituents is 1. The third-order valence-electron chi connectivity index (χ3n) is 7.34. The van der Waals surface area contributed by atoms with Crippen molar-refractivity contribution in [1.82, 2.24) is 5.32 Å². The minimum Gasteiger partial charge on any atom is -0.504 e. The van der Waals surface area contributed by atoms with Gasteiger partial charge in [-0.1, -0.05) is 54.1 Å². The summed E-state index contributed by atoms with van der Waals surface area (Å²) in [5.74, 6) is -4.48. The van der Waals surface area contributed by atoms with E-state index in [1.54, 1.807) is 54.6 Å². The molecule has 2 fully saturated rings.